The highest BCUT2D eigenvalue weighted by molar-refractivity contribution is 5.91. The molecule has 0 aliphatic heterocycles. The summed E-state index contributed by atoms with van der Waals surface area (Å²) in [7, 11) is 0. The van der Waals surface area contributed by atoms with Gasteiger partial charge in [0, 0.05) is 12.5 Å². The predicted molar refractivity (Wildman–Crippen MR) is 60.0 cm³/mol. The van der Waals surface area contributed by atoms with E-state index in [9.17, 15) is 9.59 Å². The van der Waals surface area contributed by atoms with Gasteiger partial charge in [-0.3, -0.25) is 14.7 Å². The van der Waals surface area contributed by atoms with Crippen LogP contribution >= 0.6 is 0 Å². The highest BCUT2D eigenvalue weighted by atomic mass is 16.4. The first kappa shape index (κ1) is 11.2. The number of carbonyl (C=O) groups is 2. The van der Waals surface area contributed by atoms with Gasteiger partial charge >= 0.3 is 5.97 Å². The first-order chi connectivity index (χ1) is 8.61. The molecule has 0 atom stereocenters. The predicted octanol–water partition coefficient (Wildman–Crippen LogP) is 0.277. The maximum Gasteiger partial charge on any atom is 0.311 e. The lowest BCUT2D eigenvalue weighted by atomic mass is 10.1. The zero-order valence-electron chi connectivity index (χ0n) is 9.77. The minimum Gasteiger partial charge on any atom is -0.481 e. The lowest BCUT2D eigenvalue weighted by Crippen LogP contribution is -2.34. The molecule has 7 nitrogen and oxygen atoms in total. The Kier molecular flexibility index (Phi) is 2.36. The molecular formula is C11H14N4O3. The number of aromatic nitrogens is 3. The Labute approximate surface area is 103 Å². The second-order valence-corrected chi connectivity index (χ2v) is 5.09. The van der Waals surface area contributed by atoms with Crippen LogP contribution in [0.15, 0.2) is 0 Å². The maximum absolute atomic E-state index is 11.7. The summed E-state index contributed by atoms with van der Waals surface area (Å²) in [4.78, 5) is 26.8. The average Bonchev–Trinajstić information content (AvgIpc) is 3.26. The Bertz CT molecular complexity index is 502. The van der Waals surface area contributed by atoms with Gasteiger partial charge in [-0.25, -0.2) is 4.98 Å². The quantitative estimate of drug-likeness (QED) is 0.695. The highest BCUT2D eigenvalue weighted by Gasteiger charge is 2.50. The van der Waals surface area contributed by atoms with E-state index < -0.39 is 17.3 Å². The first-order valence-electron chi connectivity index (χ1n) is 6.05. The van der Waals surface area contributed by atoms with Gasteiger partial charge in [-0.2, -0.15) is 0 Å². The molecule has 0 bridgehead atoms. The van der Waals surface area contributed by atoms with E-state index in [1.807, 2.05) is 0 Å². The smallest absolute Gasteiger partial charge is 0.311 e. The Morgan fingerprint density at radius 2 is 2.17 bits per heavy atom. The summed E-state index contributed by atoms with van der Waals surface area (Å²) in [6.07, 6.45) is 3.39. The molecule has 3 rings (SSSR count). The largest absolute Gasteiger partial charge is 0.481 e. The number of rotatable bonds is 5. The topological polar surface area (TPSA) is 108 Å². The molecule has 0 spiro atoms. The van der Waals surface area contributed by atoms with Gasteiger partial charge in [0.15, 0.2) is 0 Å². The van der Waals surface area contributed by atoms with Crippen LogP contribution in [0.5, 0.6) is 0 Å². The van der Waals surface area contributed by atoms with Gasteiger partial charge in [0.2, 0.25) is 5.82 Å². The third-order valence-corrected chi connectivity index (χ3v) is 3.56. The molecule has 3 N–H and O–H groups in total. The van der Waals surface area contributed by atoms with Crippen LogP contribution in [0.4, 0.5) is 0 Å². The molecule has 2 fully saturated rings. The second-order valence-electron chi connectivity index (χ2n) is 5.09. The fourth-order valence-corrected chi connectivity index (χ4v) is 1.86. The molecule has 96 valence electrons. The molecule has 7 heteroatoms. The SMILES string of the molecule is O=C(NCC1(C(=O)O)CC1)c1n[nH]c(C2CC2)n1. The van der Waals surface area contributed by atoms with Crippen LogP contribution in [-0.4, -0.2) is 38.7 Å². The van der Waals surface area contributed by atoms with E-state index in [0.717, 1.165) is 18.7 Å². The highest BCUT2D eigenvalue weighted by Crippen LogP contribution is 2.45. The van der Waals surface area contributed by atoms with Gasteiger partial charge in [0.1, 0.15) is 5.82 Å². The van der Waals surface area contributed by atoms with Gasteiger partial charge in [-0.05, 0) is 25.7 Å². The Morgan fingerprint density at radius 1 is 1.44 bits per heavy atom. The number of hydrogen-bond acceptors (Lipinski definition) is 4. The van der Waals surface area contributed by atoms with Crippen LogP contribution in [-0.2, 0) is 4.79 Å². The first-order valence-corrected chi connectivity index (χ1v) is 6.05. The van der Waals surface area contributed by atoms with E-state index in [1.54, 1.807) is 0 Å². The molecule has 1 aromatic rings. The normalized spacial score (nSPS) is 20.4. The summed E-state index contributed by atoms with van der Waals surface area (Å²) in [6.45, 7) is 0.147. The molecule has 2 aliphatic carbocycles. The standard InChI is InChI=1S/C11H14N4O3/c16-9(12-5-11(3-4-11)10(17)18)8-13-7(14-15-8)6-1-2-6/h6H,1-5H2,(H,12,16)(H,17,18)(H,13,14,15). The average molecular weight is 250 g/mol. The van der Waals surface area contributed by atoms with Gasteiger partial charge in [-0.15, -0.1) is 5.10 Å². The van der Waals surface area contributed by atoms with E-state index in [2.05, 4.69) is 20.5 Å². The second kappa shape index (κ2) is 3.79. The molecule has 1 heterocycles. The lowest BCUT2D eigenvalue weighted by Gasteiger charge is -2.09. The van der Waals surface area contributed by atoms with Gasteiger partial charge in [0.25, 0.3) is 5.91 Å². The number of nitrogens with one attached hydrogen (secondary N) is 2. The van der Waals surface area contributed by atoms with E-state index in [4.69, 9.17) is 5.11 Å². The van der Waals surface area contributed by atoms with Crippen molar-refractivity contribution in [3.63, 3.8) is 0 Å². The fraction of sp³-hybridized carbons (Fsp3) is 0.636. The molecular weight excluding hydrogens is 236 g/mol. The molecule has 1 amide bonds. The Hall–Kier alpha value is -1.92. The van der Waals surface area contributed by atoms with Crippen LogP contribution < -0.4 is 5.32 Å². The van der Waals surface area contributed by atoms with Crippen molar-refractivity contribution in [2.75, 3.05) is 6.54 Å². The number of aliphatic carboxylic acids is 1. The molecule has 0 radical (unpaired) electrons. The van der Waals surface area contributed by atoms with Crippen molar-refractivity contribution >= 4 is 11.9 Å². The molecule has 2 saturated carbocycles. The van der Waals surface area contributed by atoms with Crippen molar-refractivity contribution in [1.29, 1.82) is 0 Å². The van der Waals surface area contributed by atoms with Gasteiger partial charge in [0.05, 0.1) is 5.41 Å². The summed E-state index contributed by atoms with van der Waals surface area (Å²) in [6, 6.07) is 0. The van der Waals surface area contributed by atoms with Crippen molar-refractivity contribution in [2.24, 2.45) is 5.41 Å². The van der Waals surface area contributed by atoms with Gasteiger partial charge in [-0.1, -0.05) is 0 Å². The number of aromatic amines is 1. The molecule has 1 aromatic heterocycles. The van der Waals surface area contributed by atoms with Crippen molar-refractivity contribution in [2.45, 2.75) is 31.6 Å². The maximum atomic E-state index is 11.7. The van der Waals surface area contributed by atoms with Crippen LogP contribution in [0.3, 0.4) is 0 Å². The van der Waals surface area contributed by atoms with Crippen LogP contribution in [0.1, 0.15) is 48.0 Å². The van der Waals surface area contributed by atoms with Crippen LogP contribution in [0.2, 0.25) is 0 Å². The summed E-state index contributed by atoms with van der Waals surface area (Å²) < 4.78 is 0. The summed E-state index contributed by atoms with van der Waals surface area (Å²) in [5, 5.41) is 18.2. The number of carboxylic acids is 1. The van der Waals surface area contributed by atoms with Crippen LogP contribution in [0, 0.1) is 5.41 Å². The monoisotopic (exact) mass is 250 g/mol. The van der Waals surface area contributed by atoms with E-state index >= 15 is 0 Å². The van der Waals surface area contributed by atoms with E-state index in [1.165, 1.54) is 0 Å². The number of H-pyrrole nitrogens is 1. The third kappa shape index (κ3) is 1.96. The Morgan fingerprint density at radius 3 is 2.72 bits per heavy atom. The molecule has 0 unspecified atom stereocenters. The number of carboxylic acid groups (broad SMARTS) is 1. The fourth-order valence-electron chi connectivity index (χ4n) is 1.86. The number of amides is 1. The minimum atomic E-state index is -0.851. The number of carbonyl (C=O) groups excluding carboxylic acids is 1. The molecule has 18 heavy (non-hydrogen) atoms. The number of nitrogens with zero attached hydrogens (tertiary/aromatic N) is 2. The summed E-state index contributed by atoms with van der Waals surface area (Å²) in [5.74, 6) is -0.00687. The number of hydrogen-bond donors (Lipinski definition) is 3. The molecule has 2 aliphatic rings. The zero-order valence-corrected chi connectivity index (χ0v) is 9.77. The molecule has 0 aromatic carbocycles. The van der Waals surface area contributed by atoms with Crippen molar-refractivity contribution in [3.8, 4) is 0 Å². The minimum absolute atomic E-state index is 0.0955. The molecule has 0 saturated heterocycles. The van der Waals surface area contributed by atoms with Gasteiger partial charge < -0.3 is 10.4 Å². The van der Waals surface area contributed by atoms with Crippen molar-refractivity contribution in [3.05, 3.63) is 11.6 Å². The third-order valence-electron chi connectivity index (χ3n) is 3.56. The summed E-state index contributed by atoms with van der Waals surface area (Å²) >= 11 is 0. The lowest BCUT2D eigenvalue weighted by molar-refractivity contribution is -0.143. The van der Waals surface area contributed by atoms with Crippen molar-refractivity contribution < 1.29 is 14.7 Å². The van der Waals surface area contributed by atoms with Crippen molar-refractivity contribution in [1.82, 2.24) is 20.5 Å². The van der Waals surface area contributed by atoms with E-state index in [-0.39, 0.29) is 12.4 Å². The van der Waals surface area contributed by atoms with Crippen LogP contribution in [0.25, 0.3) is 0 Å². The van der Waals surface area contributed by atoms with E-state index in [0.29, 0.717) is 18.8 Å². The Balaban J connectivity index is 1.59. The summed E-state index contributed by atoms with van der Waals surface area (Å²) in [5.41, 5.74) is -0.759. The zero-order chi connectivity index (χ0) is 12.8.